The van der Waals surface area contributed by atoms with Crippen molar-refractivity contribution in [3.05, 3.63) is 40.8 Å². The summed E-state index contributed by atoms with van der Waals surface area (Å²) in [7, 11) is 0. The van der Waals surface area contributed by atoms with E-state index < -0.39 is 0 Å². The van der Waals surface area contributed by atoms with Crippen molar-refractivity contribution in [3.63, 3.8) is 0 Å². The molecule has 0 N–H and O–H groups in total. The van der Waals surface area contributed by atoms with Crippen molar-refractivity contribution < 1.29 is 0 Å². The van der Waals surface area contributed by atoms with E-state index in [0.29, 0.717) is 12.5 Å². The van der Waals surface area contributed by atoms with Gasteiger partial charge >= 0.3 is 0 Å². The predicted molar refractivity (Wildman–Crippen MR) is 88.3 cm³/mol. The molecule has 0 aliphatic heterocycles. The second kappa shape index (κ2) is 9.99. The second-order valence-corrected chi connectivity index (χ2v) is 5.73. The highest BCUT2D eigenvalue weighted by molar-refractivity contribution is 5.16. The highest BCUT2D eigenvalue weighted by Crippen LogP contribution is 2.15. The summed E-state index contributed by atoms with van der Waals surface area (Å²) in [5.41, 5.74) is 1.08. The fourth-order valence-corrected chi connectivity index (χ4v) is 2.12. The van der Waals surface area contributed by atoms with Gasteiger partial charge in [-0.1, -0.05) is 63.4 Å². The quantitative estimate of drug-likeness (QED) is 0.298. The van der Waals surface area contributed by atoms with E-state index in [1.807, 2.05) is 30.3 Å². The zero-order valence-electron chi connectivity index (χ0n) is 13.4. The van der Waals surface area contributed by atoms with Crippen LogP contribution in [0.1, 0.15) is 52.0 Å². The molecule has 0 saturated heterocycles. The Balaban J connectivity index is 2.76. The molecule has 3 heteroatoms. The lowest BCUT2D eigenvalue weighted by atomic mass is 10.0. The molecule has 1 aromatic rings. The van der Waals surface area contributed by atoms with E-state index in [9.17, 15) is 4.91 Å². The minimum atomic E-state index is -0.0976. The van der Waals surface area contributed by atoms with Gasteiger partial charge in [0.1, 0.15) is 6.04 Å². The summed E-state index contributed by atoms with van der Waals surface area (Å²) in [5, 5.41) is 4.79. The molecule has 0 fully saturated rings. The molecule has 0 saturated carbocycles. The Hall–Kier alpha value is -1.82. The number of nitrogens with zero attached hydrogens (tertiary/aromatic N) is 2. The lowest BCUT2D eigenvalue weighted by Crippen LogP contribution is -2.30. The number of rotatable bonds is 8. The standard InChI is InChI=1S/C18H26N2O/c1-4-5-6-10-13-18(14-16(2)3)20(19-21)15-17-11-8-7-9-12-17/h7-9,11-12,16,18H,4-6,14-15H2,1-3H3. The first-order valence-corrected chi connectivity index (χ1v) is 7.79. The molecule has 0 aliphatic rings. The van der Waals surface area contributed by atoms with Crippen LogP contribution in [-0.4, -0.2) is 11.1 Å². The molecule has 1 atom stereocenters. The van der Waals surface area contributed by atoms with E-state index in [0.717, 1.165) is 31.2 Å². The Kier molecular flexibility index (Phi) is 8.19. The summed E-state index contributed by atoms with van der Waals surface area (Å²) in [4.78, 5) is 11.2. The van der Waals surface area contributed by atoms with Crippen molar-refractivity contribution in [2.45, 2.75) is 59.0 Å². The van der Waals surface area contributed by atoms with Crippen LogP contribution in [0.3, 0.4) is 0 Å². The molecule has 0 amide bonds. The van der Waals surface area contributed by atoms with E-state index in [4.69, 9.17) is 0 Å². The summed E-state index contributed by atoms with van der Waals surface area (Å²) in [5.74, 6) is 6.92. The largest absolute Gasteiger partial charge is 0.241 e. The number of hydrogen-bond donors (Lipinski definition) is 0. The van der Waals surface area contributed by atoms with Crippen LogP contribution in [0, 0.1) is 22.7 Å². The van der Waals surface area contributed by atoms with Crippen molar-refractivity contribution in [2.75, 3.05) is 0 Å². The highest BCUT2D eigenvalue weighted by Gasteiger charge is 2.17. The van der Waals surface area contributed by atoms with Crippen LogP contribution >= 0.6 is 0 Å². The van der Waals surface area contributed by atoms with E-state index in [1.165, 1.54) is 0 Å². The second-order valence-electron chi connectivity index (χ2n) is 5.73. The van der Waals surface area contributed by atoms with Gasteiger partial charge in [0.2, 0.25) is 0 Å². The molecule has 1 rings (SSSR count). The SMILES string of the molecule is CCCCC#CC(CC(C)C)N(Cc1ccccc1)N=O. The maximum Gasteiger partial charge on any atom is 0.111 e. The normalized spacial score (nSPS) is 11.6. The van der Waals surface area contributed by atoms with E-state index in [1.54, 1.807) is 5.01 Å². The minimum Gasteiger partial charge on any atom is -0.241 e. The van der Waals surface area contributed by atoms with Crippen LogP contribution in [0.4, 0.5) is 0 Å². The van der Waals surface area contributed by atoms with Crippen molar-refractivity contribution in [1.29, 1.82) is 0 Å². The fourth-order valence-electron chi connectivity index (χ4n) is 2.12. The molecule has 0 bridgehead atoms. The first-order valence-electron chi connectivity index (χ1n) is 7.79. The maximum absolute atomic E-state index is 11.2. The van der Waals surface area contributed by atoms with E-state index in [2.05, 4.69) is 37.9 Å². The number of hydrogen-bond acceptors (Lipinski definition) is 2. The van der Waals surface area contributed by atoms with Gasteiger partial charge in [0.15, 0.2) is 0 Å². The summed E-state index contributed by atoms with van der Waals surface area (Å²) < 4.78 is 0. The summed E-state index contributed by atoms with van der Waals surface area (Å²) in [6, 6.07) is 9.84. The van der Waals surface area contributed by atoms with Crippen LogP contribution in [-0.2, 0) is 6.54 Å². The van der Waals surface area contributed by atoms with Gasteiger partial charge < -0.3 is 0 Å². The molecule has 0 aromatic heterocycles. The molecule has 0 spiro atoms. The van der Waals surface area contributed by atoms with Gasteiger partial charge in [-0.25, -0.2) is 5.01 Å². The van der Waals surface area contributed by atoms with Crippen LogP contribution < -0.4 is 0 Å². The summed E-state index contributed by atoms with van der Waals surface area (Å²) >= 11 is 0. The van der Waals surface area contributed by atoms with Crippen molar-refractivity contribution in [1.82, 2.24) is 5.01 Å². The number of unbranched alkanes of at least 4 members (excludes halogenated alkanes) is 2. The molecule has 114 valence electrons. The lowest BCUT2D eigenvalue weighted by molar-refractivity contribution is 0.210. The van der Waals surface area contributed by atoms with Crippen molar-refractivity contribution >= 4 is 0 Å². The fraction of sp³-hybridized carbons (Fsp3) is 0.556. The first kappa shape index (κ1) is 17.2. The molecule has 0 radical (unpaired) electrons. The Morgan fingerprint density at radius 2 is 1.95 bits per heavy atom. The van der Waals surface area contributed by atoms with Gasteiger partial charge in [0.25, 0.3) is 0 Å². The average molecular weight is 286 g/mol. The molecule has 0 aliphatic carbocycles. The summed E-state index contributed by atoms with van der Waals surface area (Å²) in [6.45, 7) is 6.96. The smallest absolute Gasteiger partial charge is 0.111 e. The molecule has 1 aromatic carbocycles. The third-order valence-corrected chi connectivity index (χ3v) is 3.27. The highest BCUT2D eigenvalue weighted by atomic mass is 16.3. The number of benzene rings is 1. The topological polar surface area (TPSA) is 32.7 Å². The van der Waals surface area contributed by atoms with E-state index >= 15 is 0 Å². The number of nitroso groups, excluding NO2 is 1. The van der Waals surface area contributed by atoms with Crippen molar-refractivity contribution in [3.8, 4) is 11.8 Å². The zero-order valence-corrected chi connectivity index (χ0v) is 13.4. The van der Waals surface area contributed by atoms with Gasteiger partial charge in [-0.3, -0.25) is 0 Å². The van der Waals surface area contributed by atoms with Gasteiger partial charge in [-0.2, -0.15) is 0 Å². The Labute approximate surface area is 128 Å². The van der Waals surface area contributed by atoms with Crippen molar-refractivity contribution in [2.24, 2.45) is 11.2 Å². The predicted octanol–water partition coefficient (Wildman–Crippen LogP) is 4.78. The van der Waals surface area contributed by atoms with Crippen LogP contribution in [0.15, 0.2) is 35.6 Å². The molecule has 1 unspecified atom stereocenters. The van der Waals surface area contributed by atoms with Gasteiger partial charge in [0, 0.05) is 6.42 Å². The molecule has 3 nitrogen and oxygen atoms in total. The maximum atomic E-state index is 11.2. The third kappa shape index (κ3) is 6.94. The lowest BCUT2D eigenvalue weighted by Gasteiger charge is -2.23. The minimum absolute atomic E-state index is 0.0976. The average Bonchev–Trinajstić information content (AvgIpc) is 2.49. The Morgan fingerprint density at radius 3 is 2.52 bits per heavy atom. The zero-order chi connectivity index (χ0) is 15.5. The summed E-state index contributed by atoms with van der Waals surface area (Å²) in [6.07, 6.45) is 4.00. The van der Waals surface area contributed by atoms with Gasteiger partial charge in [-0.15, -0.1) is 10.8 Å². The molecular formula is C18H26N2O. The van der Waals surface area contributed by atoms with Gasteiger partial charge in [0.05, 0.1) is 11.8 Å². The molecule has 0 heterocycles. The Morgan fingerprint density at radius 1 is 1.24 bits per heavy atom. The monoisotopic (exact) mass is 286 g/mol. The third-order valence-electron chi connectivity index (χ3n) is 3.27. The Bertz CT molecular complexity index is 459. The van der Waals surface area contributed by atoms with Gasteiger partial charge in [-0.05, 0) is 24.3 Å². The molecular weight excluding hydrogens is 260 g/mol. The molecule has 21 heavy (non-hydrogen) atoms. The first-order chi connectivity index (χ1) is 10.2. The van der Waals surface area contributed by atoms with E-state index in [-0.39, 0.29) is 6.04 Å². The van der Waals surface area contributed by atoms with Crippen LogP contribution in [0.25, 0.3) is 0 Å². The van der Waals surface area contributed by atoms with Crippen LogP contribution in [0.5, 0.6) is 0 Å². The van der Waals surface area contributed by atoms with Crippen LogP contribution in [0.2, 0.25) is 0 Å².